The van der Waals surface area contributed by atoms with Crippen molar-refractivity contribution in [3.63, 3.8) is 0 Å². The van der Waals surface area contributed by atoms with Gasteiger partial charge in [-0.1, -0.05) is 33.1 Å². The molecule has 2 aliphatic heterocycles. The van der Waals surface area contributed by atoms with E-state index in [9.17, 15) is 9.59 Å². The summed E-state index contributed by atoms with van der Waals surface area (Å²) in [6, 6.07) is 0. The molecule has 136 valence electrons. The molecule has 2 atom stereocenters. The van der Waals surface area contributed by atoms with Gasteiger partial charge >= 0.3 is 0 Å². The minimum Gasteiger partial charge on any atom is -0.342 e. The summed E-state index contributed by atoms with van der Waals surface area (Å²) in [6.45, 7) is 8.09. The monoisotopic (exact) mass is 334 g/mol. The first-order valence-electron chi connectivity index (χ1n) is 10.0. The Morgan fingerprint density at radius 1 is 0.833 bits per heavy atom. The van der Waals surface area contributed by atoms with Crippen LogP contribution in [0, 0.1) is 17.3 Å². The van der Waals surface area contributed by atoms with Crippen LogP contribution in [0.1, 0.15) is 71.6 Å². The maximum atomic E-state index is 12.8. The van der Waals surface area contributed by atoms with Crippen molar-refractivity contribution in [1.29, 1.82) is 0 Å². The number of hydrogen-bond acceptors (Lipinski definition) is 2. The minimum atomic E-state index is -0.0654. The Kier molecular flexibility index (Phi) is 5.51. The van der Waals surface area contributed by atoms with Crippen molar-refractivity contribution >= 4 is 11.8 Å². The lowest BCUT2D eigenvalue weighted by atomic mass is 9.69. The second kappa shape index (κ2) is 7.45. The molecule has 4 nitrogen and oxygen atoms in total. The molecule has 1 saturated carbocycles. The van der Waals surface area contributed by atoms with Crippen LogP contribution < -0.4 is 0 Å². The van der Waals surface area contributed by atoms with Gasteiger partial charge in [0.25, 0.3) is 0 Å². The third kappa shape index (κ3) is 4.12. The SMILES string of the molecule is CC1CCN(C(=O)CC2(CC(=O)N3CCC(C)C3)CCCCC2)C1. The van der Waals surface area contributed by atoms with Crippen LogP contribution in [0.25, 0.3) is 0 Å². The van der Waals surface area contributed by atoms with E-state index in [-0.39, 0.29) is 5.41 Å². The van der Waals surface area contributed by atoms with Crippen molar-refractivity contribution in [2.45, 2.75) is 71.6 Å². The smallest absolute Gasteiger partial charge is 0.223 e. The summed E-state index contributed by atoms with van der Waals surface area (Å²) < 4.78 is 0. The van der Waals surface area contributed by atoms with Gasteiger partial charge in [-0.2, -0.15) is 0 Å². The lowest BCUT2D eigenvalue weighted by Gasteiger charge is -2.38. The number of amides is 2. The van der Waals surface area contributed by atoms with Crippen molar-refractivity contribution in [2.75, 3.05) is 26.2 Å². The Morgan fingerprint density at radius 3 is 1.67 bits per heavy atom. The summed E-state index contributed by atoms with van der Waals surface area (Å²) in [5, 5.41) is 0. The highest BCUT2D eigenvalue weighted by molar-refractivity contribution is 5.81. The second-order valence-corrected chi connectivity index (χ2v) is 8.88. The van der Waals surface area contributed by atoms with Crippen LogP contribution in [-0.4, -0.2) is 47.8 Å². The first-order valence-corrected chi connectivity index (χ1v) is 10.0. The fourth-order valence-electron chi connectivity index (χ4n) is 4.91. The van der Waals surface area contributed by atoms with Crippen LogP contribution >= 0.6 is 0 Å². The van der Waals surface area contributed by atoms with Crippen molar-refractivity contribution in [3.8, 4) is 0 Å². The average Bonchev–Trinajstić information content (AvgIpc) is 3.16. The Balaban J connectivity index is 1.63. The standard InChI is InChI=1S/C20H34N2O2/c1-16-6-10-21(14-16)18(23)12-20(8-4-3-5-9-20)13-19(24)22-11-7-17(2)15-22/h16-17H,3-15H2,1-2H3. The van der Waals surface area contributed by atoms with E-state index in [4.69, 9.17) is 0 Å². The Hall–Kier alpha value is -1.06. The third-order valence-electron chi connectivity index (χ3n) is 6.52. The van der Waals surface area contributed by atoms with Crippen LogP contribution in [0.2, 0.25) is 0 Å². The van der Waals surface area contributed by atoms with E-state index in [1.54, 1.807) is 0 Å². The predicted molar refractivity (Wildman–Crippen MR) is 95.5 cm³/mol. The lowest BCUT2D eigenvalue weighted by Crippen LogP contribution is -2.40. The van der Waals surface area contributed by atoms with Crippen LogP contribution in [0.3, 0.4) is 0 Å². The number of hydrogen-bond donors (Lipinski definition) is 0. The van der Waals surface area contributed by atoms with Gasteiger partial charge in [0.15, 0.2) is 0 Å². The van der Waals surface area contributed by atoms with E-state index in [0.717, 1.165) is 51.9 Å². The highest BCUT2D eigenvalue weighted by atomic mass is 16.2. The molecule has 0 aromatic carbocycles. The van der Waals surface area contributed by atoms with Crippen LogP contribution in [0.4, 0.5) is 0 Å². The summed E-state index contributed by atoms with van der Waals surface area (Å²) in [5.41, 5.74) is -0.0654. The quantitative estimate of drug-likeness (QED) is 0.790. The zero-order chi connectivity index (χ0) is 17.2. The lowest BCUT2D eigenvalue weighted by molar-refractivity contribution is -0.137. The van der Waals surface area contributed by atoms with E-state index in [0.29, 0.717) is 36.5 Å². The van der Waals surface area contributed by atoms with Crippen LogP contribution in [-0.2, 0) is 9.59 Å². The Morgan fingerprint density at radius 2 is 1.29 bits per heavy atom. The molecule has 0 aromatic heterocycles. The molecule has 3 aliphatic rings. The first kappa shape index (κ1) is 17.8. The molecule has 2 unspecified atom stereocenters. The fourth-order valence-corrected chi connectivity index (χ4v) is 4.91. The molecule has 0 bridgehead atoms. The molecule has 0 aromatic rings. The van der Waals surface area contributed by atoms with Crippen molar-refractivity contribution in [2.24, 2.45) is 17.3 Å². The molecule has 4 heteroatoms. The highest BCUT2D eigenvalue weighted by Crippen LogP contribution is 2.43. The Bertz CT molecular complexity index is 434. The normalized spacial score (nSPS) is 29.9. The van der Waals surface area contributed by atoms with Gasteiger partial charge < -0.3 is 9.80 Å². The van der Waals surface area contributed by atoms with E-state index in [1.165, 1.54) is 19.3 Å². The van der Waals surface area contributed by atoms with Gasteiger partial charge in [-0.25, -0.2) is 0 Å². The van der Waals surface area contributed by atoms with Gasteiger partial charge in [-0.15, -0.1) is 0 Å². The molecule has 0 spiro atoms. The van der Waals surface area contributed by atoms with Gasteiger partial charge in [-0.3, -0.25) is 9.59 Å². The number of rotatable bonds is 4. The average molecular weight is 335 g/mol. The summed E-state index contributed by atoms with van der Waals surface area (Å²) in [4.78, 5) is 29.7. The summed E-state index contributed by atoms with van der Waals surface area (Å²) in [6.07, 6.45) is 9.15. The molecule has 3 rings (SSSR count). The third-order valence-corrected chi connectivity index (χ3v) is 6.52. The maximum Gasteiger partial charge on any atom is 0.223 e. The van der Waals surface area contributed by atoms with Crippen molar-refractivity contribution < 1.29 is 9.59 Å². The molecular weight excluding hydrogens is 300 g/mol. The van der Waals surface area contributed by atoms with Gasteiger partial charge in [-0.05, 0) is 42.9 Å². The molecule has 2 amide bonds. The van der Waals surface area contributed by atoms with E-state index < -0.39 is 0 Å². The second-order valence-electron chi connectivity index (χ2n) is 8.88. The highest BCUT2D eigenvalue weighted by Gasteiger charge is 2.40. The fraction of sp³-hybridized carbons (Fsp3) is 0.900. The molecule has 0 radical (unpaired) electrons. The predicted octanol–water partition coefficient (Wildman–Crippen LogP) is 3.45. The van der Waals surface area contributed by atoms with Crippen molar-refractivity contribution in [1.82, 2.24) is 9.80 Å². The van der Waals surface area contributed by atoms with Gasteiger partial charge in [0.2, 0.25) is 11.8 Å². The maximum absolute atomic E-state index is 12.8. The largest absolute Gasteiger partial charge is 0.342 e. The Labute approximate surface area is 146 Å². The molecule has 1 aliphatic carbocycles. The number of likely N-dealkylation sites (tertiary alicyclic amines) is 2. The summed E-state index contributed by atoms with van der Waals surface area (Å²) >= 11 is 0. The molecule has 0 N–H and O–H groups in total. The minimum absolute atomic E-state index is 0.0654. The first-order chi connectivity index (χ1) is 11.5. The van der Waals surface area contributed by atoms with Gasteiger partial charge in [0.05, 0.1) is 0 Å². The summed E-state index contributed by atoms with van der Waals surface area (Å²) in [7, 11) is 0. The number of nitrogens with zero attached hydrogens (tertiary/aromatic N) is 2. The zero-order valence-corrected chi connectivity index (χ0v) is 15.6. The van der Waals surface area contributed by atoms with Gasteiger partial charge in [0, 0.05) is 39.0 Å². The molecule has 24 heavy (non-hydrogen) atoms. The van der Waals surface area contributed by atoms with Gasteiger partial charge in [0.1, 0.15) is 0 Å². The number of carbonyl (C=O) groups is 2. The van der Waals surface area contributed by atoms with E-state index >= 15 is 0 Å². The van der Waals surface area contributed by atoms with E-state index in [2.05, 4.69) is 13.8 Å². The zero-order valence-electron chi connectivity index (χ0n) is 15.6. The van der Waals surface area contributed by atoms with Crippen LogP contribution in [0.15, 0.2) is 0 Å². The van der Waals surface area contributed by atoms with E-state index in [1.807, 2.05) is 9.80 Å². The molecule has 3 fully saturated rings. The van der Waals surface area contributed by atoms with Crippen LogP contribution in [0.5, 0.6) is 0 Å². The molecular formula is C20H34N2O2. The molecule has 2 saturated heterocycles. The summed E-state index contributed by atoms with van der Waals surface area (Å²) in [5.74, 6) is 1.85. The topological polar surface area (TPSA) is 40.6 Å². The van der Waals surface area contributed by atoms with Crippen molar-refractivity contribution in [3.05, 3.63) is 0 Å². The molecule has 2 heterocycles. The number of carbonyl (C=O) groups excluding carboxylic acids is 2.